The molecule has 0 spiro atoms. The van der Waals surface area contributed by atoms with Crippen LogP contribution in [0.25, 0.3) is 0 Å². The van der Waals surface area contributed by atoms with Gasteiger partial charge in [0.25, 0.3) is 5.91 Å². The van der Waals surface area contributed by atoms with Crippen LogP contribution in [0, 0.1) is 11.3 Å². The lowest BCUT2D eigenvalue weighted by Crippen LogP contribution is -2.31. The van der Waals surface area contributed by atoms with Gasteiger partial charge in [-0.05, 0) is 18.2 Å². The van der Waals surface area contributed by atoms with E-state index in [1.165, 1.54) is 30.2 Å². The van der Waals surface area contributed by atoms with Gasteiger partial charge < -0.3 is 25.2 Å². The molecule has 0 bridgehead atoms. The fourth-order valence-electron chi connectivity index (χ4n) is 2.39. The molecular formula is C16H15N3O6. The summed E-state index contributed by atoms with van der Waals surface area (Å²) in [5.41, 5.74) is 0.0661. The van der Waals surface area contributed by atoms with Crippen molar-refractivity contribution in [1.29, 1.82) is 5.26 Å². The van der Waals surface area contributed by atoms with E-state index in [1.807, 2.05) is 0 Å². The Hall–Kier alpha value is -3.38. The zero-order valence-corrected chi connectivity index (χ0v) is 13.3. The molecule has 2 rings (SSSR count). The van der Waals surface area contributed by atoms with Crippen LogP contribution < -0.4 is 5.32 Å². The third kappa shape index (κ3) is 3.59. The average Bonchev–Trinajstić information content (AvgIpc) is 2.90. The van der Waals surface area contributed by atoms with Crippen molar-refractivity contribution in [3.8, 4) is 6.07 Å². The van der Waals surface area contributed by atoms with E-state index in [1.54, 1.807) is 6.07 Å². The molecular weight excluding hydrogens is 330 g/mol. The fraction of sp³-hybridized carbons (Fsp3) is 0.250. The number of methoxy groups -OCH3 is 1. The molecule has 9 heteroatoms. The number of hydrogen-bond donors (Lipinski definition) is 3. The summed E-state index contributed by atoms with van der Waals surface area (Å²) < 4.78 is 4.66. The number of carboxylic acid groups (broad SMARTS) is 1. The lowest BCUT2D eigenvalue weighted by atomic mass is 10.1. The monoisotopic (exact) mass is 345 g/mol. The number of carbonyl (C=O) groups excluding carboxylic acids is 2. The minimum absolute atomic E-state index is 0.0211. The molecule has 1 aliphatic heterocycles. The number of anilines is 1. The number of amides is 1. The molecule has 1 aromatic rings. The molecule has 0 unspecified atom stereocenters. The lowest BCUT2D eigenvalue weighted by molar-refractivity contribution is -0.136. The third-order valence-electron chi connectivity index (χ3n) is 3.59. The first-order chi connectivity index (χ1) is 11.9. The van der Waals surface area contributed by atoms with E-state index in [2.05, 4.69) is 10.1 Å². The zero-order valence-electron chi connectivity index (χ0n) is 13.3. The number of benzene rings is 1. The zero-order chi connectivity index (χ0) is 18.6. The van der Waals surface area contributed by atoms with Crippen molar-refractivity contribution < 1.29 is 29.3 Å². The maximum absolute atomic E-state index is 12.4. The molecule has 25 heavy (non-hydrogen) atoms. The Morgan fingerprint density at radius 2 is 2.16 bits per heavy atom. The topological polar surface area (TPSA) is 140 Å². The molecule has 1 aromatic carbocycles. The highest BCUT2D eigenvalue weighted by molar-refractivity contribution is 6.08. The second-order valence-electron chi connectivity index (χ2n) is 5.10. The summed E-state index contributed by atoms with van der Waals surface area (Å²) >= 11 is 0. The number of nitrogens with zero attached hydrogens (tertiary/aromatic N) is 2. The van der Waals surface area contributed by atoms with Crippen LogP contribution in [0.3, 0.4) is 0 Å². The number of aliphatic hydroxyl groups is 1. The third-order valence-corrected chi connectivity index (χ3v) is 3.59. The lowest BCUT2D eigenvalue weighted by Gasteiger charge is -2.15. The van der Waals surface area contributed by atoms with Gasteiger partial charge in [0.05, 0.1) is 37.0 Å². The number of ether oxygens (including phenoxy) is 1. The van der Waals surface area contributed by atoms with Gasteiger partial charge >= 0.3 is 11.9 Å². The Morgan fingerprint density at radius 1 is 1.44 bits per heavy atom. The van der Waals surface area contributed by atoms with Crippen LogP contribution in [0.15, 0.2) is 29.5 Å². The van der Waals surface area contributed by atoms with E-state index in [4.69, 9.17) is 15.5 Å². The molecule has 9 nitrogen and oxygen atoms in total. The fourth-order valence-corrected chi connectivity index (χ4v) is 2.39. The van der Waals surface area contributed by atoms with Crippen molar-refractivity contribution in [2.75, 3.05) is 32.1 Å². The van der Waals surface area contributed by atoms with Gasteiger partial charge in [0, 0.05) is 12.2 Å². The summed E-state index contributed by atoms with van der Waals surface area (Å²) in [4.78, 5) is 36.6. The smallest absolute Gasteiger partial charge is 0.337 e. The van der Waals surface area contributed by atoms with Crippen molar-refractivity contribution >= 4 is 23.5 Å². The molecule has 1 heterocycles. The van der Waals surface area contributed by atoms with E-state index in [-0.39, 0.29) is 47.8 Å². The van der Waals surface area contributed by atoms with Crippen molar-refractivity contribution in [3.63, 3.8) is 0 Å². The van der Waals surface area contributed by atoms with Crippen LogP contribution in [0.1, 0.15) is 15.9 Å². The largest absolute Gasteiger partial charge is 0.478 e. The van der Waals surface area contributed by atoms with Crippen LogP contribution >= 0.6 is 0 Å². The van der Waals surface area contributed by atoms with Crippen LogP contribution in [0.2, 0.25) is 0 Å². The van der Waals surface area contributed by atoms with Gasteiger partial charge in [-0.3, -0.25) is 4.79 Å². The number of aromatic carboxylic acids is 1. The number of nitriles is 1. The Kier molecular flexibility index (Phi) is 5.36. The van der Waals surface area contributed by atoms with Crippen LogP contribution in [-0.2, 0) is 14.3 Å². The van der Waals surface area contributed by atoms with Gasteiger partial charge in [0.1, 0.15) is 11.8 Å². The summed E-state index contributed by atoms with van der Waals surface area (Å²) in [5.74, 6) is -2.45. The Morgan fingerprint density at radius 3 is 2.72 bits per heavy atom. The molecule has 1 aliphatic rings. The van der Waals surface area contributed by atoms with Crippen LogP contribution in [0.5, 0.6) is 0 Å². The maximum Gasteiger partial charge on any atom is 0.337 e. The van der Waals surface area contributed by atoms with Crippen LogP contribution in [-0.4, -0.2) is 59.8 Å². The normalized spacial score (nSPS) is 13.6. The van der Waals surface area contributed by atoms with E-state index >= 15 is 0 Å². The van der Waals surface area contributed by atoms with Gasteiger partial charge in [-0.25, -0.2) is 9.59 Å². The van der Waals surface area contributed by atoms with Crippen molar-refractivity contribution in [2.24, 2.45) is 0 Å². The number of esters is 1. The predicted molar refractivity (Wildman–Crippen MR) is 84.4 cm³/mol. The molecule has 3 N–H and O–H groups in total. The SMILES string of the molecule is COC(=O)C1=C(Nc2ccc(C(=O)O)c(C#N)c2)C(=O)N(CCO)C1. The first-order valence-electron chi connectivity index (χ1n) is 7.19. The first-order valence-corrected chi connectivity index (χ1v) is 7.19. The van der Waals surface area contributed by atoms with E-state index in [0.29, 0.717) is 0 Å². The van der Waals surface area contributed by atoms with E-state index < -0.39 is 17.8 Å². The average molecular weight is 345 g/mol. The molecule has 0 aliphatic carbocycles. The number of aliphatic hydroxyl groups excluding tert-OH is 1. The highest BCUT2D eigenvalue weighted by Crippen LogP contribution is 2.24. The summed E-state index contributed by atoms with van der Waals surface area (Å²) in [7, 11) is 1.18. The summed E-state index contributed by atoms with van der Waals surface area (Å²) in [5, 5.41) is 29.9. The van der Waals surface area contributed by atoms with Gasteiger partial charge in [0.2, 0.25) is 0 Å². The maximum atomic E-state index is 12.4. The van der Waals surface area contributed by atoms with Gasteiger partial charge in [-0.2, -0.15) is 5.26 Å². The molecule has 0 saturated carbocycles. The van der Waals surface area contributed by atoms with Crippen LogP contribution in [0.4, 0.5) is 5.69 Å². The quantitative estimate of drug-likeness (QED) is 0.609. The van der Waals surface area contributed by atoms with Crippen molar-refractivity contribution in [1.82, 2.24) is 4.90 Å². The number of carbonyl (C=O) groups is 3. The number of carboxylic acids is 1. The van der Waals surface area contributed by atoms with Gasteiger partial charge in [0.15, 0.2) is 0 Å². The summed E-state index contributed by atoms with van der Waals surface area (Å²) in [6, 6.07) is 5.65. The molecule has 130 valence electrons. The van der Waals surface area contributed by atoms with E-state index in [0.717, 1.165) is 0 Å². The molecule has 0 atom stereocenters. The van der Waals surface area contributed by atoms with E-state index in [9.17, 15) is 14.4 Å². The highest BCUT2D eigenvalue weighted by atomic mass is 16.5. The van der Waals surface area contributed by atoms with Gasteiger partial charge in [-0.15, -0.1) is 0 Å². The minimum atomic E-state index is -1.25. The molecule has 0 fully saturated rings. The van der Waals surface area contributed by atoms with Crippen molar-refractivity contribution in [3.05, 3.63) is 40.6 Å². The minimum Gasteiger partial charge on any atom is -0.478 e. The molecule has 1 amide bonds. The number of hydrogen-bond acceptors (Lipinski definition) is 7. The predicted octanol–water partition coefficient (Wildman–Crippen LogP) is -0.0700. The second-order valence-corrected chi connectivity index (χ2v) is 5.10. The number of rotatable bonds is 6. The number of β-amino-alcohol motifs (C(OH)–C–C–N with tert-alkyl or cyclic N) is 1. The van der Waals surface area contributed by atoms with Crippen molar-refractivity contribution in [2.45, 2.75) is 0 Å². The second kappa shape index (κ2) is 7.46. The Bertz CT molecular complexity index is 809. The highest BCUT2D eigenvalue weighted by Gasteiger charge is 2.34. The van der Waals surface area contributed by atoms with Gasteiger partial charge in [-0.1, -0.05) is 0 Å². The molecule has 0 radical (unpaired) electrons. The molecule has 0 saturated heterocycles. The number of nitrogens with one attached hydrogen (secondary N) is 1. The first kappa shape index (κ1) is 18.0. The Labute approximate surface area is 142 Å². The summed E-state index contributed by atoms with van der Waals surface area (Å²) in [6.07, 6.45) is 0. The Balaban J connectivity index is 2.38. The summed E-state index contributed by atoms with van der Waals surface area (Å²) in [6.45, 7) is -0.238. The standard InChI is InChI=1S/C16H15N3O6/c1-25-16(24)12-8-19(4-5-20)14(21)13(12)18-10-2-3-11(15(22)23)9(6-10)7-17/h2-3,6,18,20H,4-5,8H2,1H3,(H,22,23). The molecule has 0 aromatic heterocycles.